The highest BCUT2D eigenvalue weighted by Crippen LogP contribution is 2.02. The number of carboxylic acid groups (broad SMARTS) is 1. The molecule has 1 aromatic heterocycles. The highest BCUT2D eigenvalue weighted by Gasteiger charge is 2.08. The molecule has 1 rings (SSSR count). The van der Waals surface area contributed by atoms with Crippen LogP contribution in [-0.4, -0.2) is 40.5 Å². The van der Waals surface area contributed by atoms with Gasteiger partial charge in [0.2, 0.25) is 0 Å². The number of carboxylic acids is 1. The first-order chi connectivity index (χ1) is 9.15. The lowest BCUT2D eigenvalue weighted by atomic mass is 10.2. The standard InChI is InChI=1S/C13H18N2O3S/c1-19-8-4-2-3-7-14-12(16)11-6-5-10(9-15-11)13(17)18/h5-6,9H,2-4,7-8H2,1H3,(H,14,16)(H,17,18). The van der Waals surface area contributed by atoms with Crippen molar-refractivity contribution < 1.29 is 14.7 Å². The maximum Gasteiger partial charge on any atom is 0.337 e. The Bertz CT molecular complexity index is 420. The molecular formula is C13H18N2O3S. The molecule has 0 aliphatic heterocycles. The molecule has 6 heteroatoms. The summed E-state index contributed by atoms with van der Waals surface area (Å²) in [5.41, 5.74) is 0.322. The van der Waals surface area contributed by atoms with Crippen LogP contribution in [0, 0.1) is 0 Å². The summed E-state index contributed by atoms with van der Waals surface area (Å²) in [6.07, 6.45) is 6.46. The number of hydrogen-bond acceptors (Lipinski definition) is 4. The molecule has 0 saturated carbocycles. The molecule has 0 unspecified atom stereocenters. The topological polar surface area (TPSA) is 79.3 Å². The van der Waals surface area contributed by atoms with Gasteiger partial charge < -0.3 is 10.4 Å². The second kappa shape index (κ2) is 8.53. The molecule has 0 fully saturated rings. The molecule has 1 amide bonds. The summed E-state index contributed by atoms with van der Waals surface area (Å²) in [5.74, 6) is -0.165. The Hall–Kier alpha value is -1.56. The minimum Gasteiger partial charge on any atom is -0.478 e. The Labute approximate surface area is 116 Å². The van der Waals surface area contributed by atoms with Crippen molar-refractivity contribution in [1.82, 2.24) is 10.3 Å². The van der Waals surface area contributed by atoms with Crippen LogP contribution in [0.15, 0.2) is 18.3 Å². The summed E-state index contributed by atoms with van der Waals surface area (Å²) < 4.78 is 0. The van der Waals surface area contributed by atoms with Crippen molar-refractivity contribution in [3.63, 3.8) is 0 Å². The normalized spacial score (nSPS) is 10.2. The number of unbranched alkanes of at least 4 members (excludes halogenated alkanes) is 2. The number of carbonyl (C=O) groups is 2. The van der Waals surface area contributed by atoms with Gasteiger partial charge >= 0.3 is 5.97 Å². The van der Waals surface area contributed by atoms with Crippen molar-refractivity contribution in [3.05, 3.63) is 29.6 Å². The second-order valence-corrected chi connectivity index (χ2v) is 5.03. The lowest BCUT2D eigenvalue weighted by molar-refractivity contribution is 0.0695. The summed E-state index contributed by atoms with van der Waals surface area (Å²) in [6, 6.07) is 2.80. The van der Waals surface area contributed by atoms with Gasteiger partial charge in [-0.1, -0.05) is 6.42 Å². The van der Waals surface area contributed by atoms with Crippen LogP contribution in [-0.2, 0) is 0 Å². The average Bonchev–Trinajstić information content (AvgIpc) is 2.42. The third-order valence-electron chi connectivity index (χ3n) is 2.55. The summed E-state index contributed by atoms with van der Waals surface area (Å²) in [4.78, 5) is 26.2. The average molecular weight is 282 g/mol. The van der Waals surface area contributed by atoms with E-state index in [2.05, 4.69) is 16.6 Å². The highest BCUT2D eigenvalue weighted by atomic mass is 32.2. The Kier molecular flexibility index (Phi) is 6.95. The molecule has 0 aliphatic rings. The second-order valence-electron chi connectivity index (χ2n) is 4.05. The van der Waals surface area contributed by atoms with Gasteiger partial charge in [-0.05, 0) is 37.0 Å². The third kappa shape index (κ3) is 5.74. The van der Waals surface area contributed by atoms with E-state index in [1.165, 1.54) is 18.3 Å². The predicted octanol–water partition coefficient (Wildman–Crippen LogP) is 2.04. The fourth-order valence-electron chi connectivity index (χ4n) is 1.50. The van der Waals surface area contributed by atoms with Gasteiger partial charge in [-0.3, -0.25) is 9.78 Å². The lowest BCUT2D eigenvalue weighted by Gasteiger charge is -2.04. The summed E-state index contributed by atoms with van der Waals surface area (Å²) in [6.45, 7) is 0.621. The first-order valence-electron chi connectivity index (χ1n) is 6.11. The van der Waals surface area contributed by atoms with Gasteiger partial charge in [-0.15, -0.1) is 0 Å². The molecule has 0 spiro atoms. The Morgan fingerprint density at radius 2 is 2.11 bits per heavy atom. The summed E-state index contributed by atoms with van der Waals surface area (Å²) in [5, 5.41) is 11.5. The minimum atomic E-state index is -1.05. The van der Waals surface area contributed by atoms with Crippen molar-refractivity contribution in [1.29, 1.82) is 0 Å². The van der Waals surface area contributed by atoms with E-state index in [1.807, 2.05) is 11.8 Å². The zero-order valence-corrected chi connectivity index (χ0v) is 11.7. The van der Waals surface area contributed by atoms with Crippen LogP contribution in [0.4, 0.5) is 0 Å². The van der Waals surface area contributed by atoms with Crippen LogP contribution >= 0.6 is 11.8 Å². The molecular weight excluding hydrogens is 264 g/mol. The van der Waals surface area contributed by atoms with Crippen LogP contribution in [0.3, 0.4) is 0 Å². The molecule has 0 atom stereocenters. The van der Waals surface area contributed by atoms with Gasteiger partial charge in [0, 0.05) is 12.7 Å². The number of carbonyl (C=O) groups excluding carboxylic acids is 1. The van der Waals surface area contributed by atoms with Gasteiger partial charge in [0.15, 0.2) is 0 Å². The van der Waals surface area contributed by atoms with E-state index in [-0.39, 0.29) is 17.2 Å². The number of nitrogens with zero attached hydrogens (tertiary/aromatic N) is 1. The number of rotatable bonds is 8. The highest BCUT2D eigenvalue weighted by molar-refractivity contribution is 7.98. The monoisotopic (exact) mass is 282 g/mol. The van der Waals surface area contributed by atoms with E-state index < -0.39 is 5.97 Å². The molecule has 2 N–H and O–H groups in total. The third-order valence-corrected chi connectivity index (χ3v) is 3.25. The van der Waals surface area contributed by atoms with E-state index in [4.69, 9.17) is 5.11 Å². The van der Waals surface area contributed by atoms with Crippen LogP contribution in [0.2, 0.25) is 0 Å². The number of pyridine rings is 1. The van der Waals surface area contributed by atoms with E-state index in [0.29, 0.717) is 6.54 Å². The molecule has 0 radical (unpaired) electrons. The summed E-state index contributed by atoms with van der Waals surface area (Å²) >= 11 is 1.82. The van der Waals surface area contributed by atoms with Crippen molar-refractivity contribution in [2.45, 2.75) is 19.3 Å². The van der Waals surface area contributed by atoms with Gasteiger partial charge in [-0.25, -0.2) is 4.79 Å². The molecule has 0 saturated heterocycles. The maximum atomic E-state index is 11.7. The van der Waals surface area contributed by atoms with Crippen LogP contribution < -0.4 is 5.32 Å². The molecule has 1 aromatic rings. The SMILES string of the molecule is CSCCCCCNC(=O)c1ccc(C(=O)O)cn1. The van der Waals surface area contributed by atoms with Crippen molar-refractivity contribution in [3.8, 4) is 0 Å². The Balaban J connectivity index is 2.31. The van der Waals surface area contributed by atoms with Gasteiger partial charge in [-0.2, -0.15) is 11.8 Å². The smallest absolute Gasteiger partial charge is 0.337 e. The summed E-state index contributed by atoms with van der Waals surface area (Å²) in [7, 11) is 0. The quantitative estimate of drug-likeness (QED) is 0.713. The number of aromatic nitrogens is 1. The Morgan fingerprint density at radius 3 is 2.68 bits per heavy atom. The first kappa shape index (κ1) is 15.5. The zero-order valence-electron chi connectivity index (χ0n) is 10.9. The van der Waals surface area contributed by atoms with E-state index >= 15 is 0 Å². The molecule has 5 nitrogen and oxygen atoms in total. The molecule has 19 heavy (non-hydrogen) atoms. The molecule has 104 valence electrons. The van der Waals surface area contributed by atoms with Gasteiger partial charge in [0.05, 0.1) is 5.56 Å². The Morgan fingerprint density at radius 1 is 1.32 bits per heavy atom. The van der Waals surface area contributed by atoms with E-state index in [9.17, 15) is 9.59 Å². The predicted molar refractivity (Wildman–Crippen MR) is 75.8 cm³/mol. The number of amides is 1. The first-order valence-corrected chi connectivity index (χ1v) is 7.51. The van der Waals surface area contributed by atoms with Crippen molar-refractivity contribution in [2.75, 3.05) is 18.6 Å². The molecule has 0 aromatic carbocycles. The number of aromatic carboxylic acids is 1. The number of thioether (sulfide) groups is 1. The van der Waals surface area contributed by atoms with E-state index in [1.54, 1.807) is 0 Å². The molecule has 1 heterocycles. The fraction of sp³-hybridized carbons (Fsp3) is 0.462. The van der Waals surface area contributed by atoms with Crippen molar-refractivity contribution >= 4 is 23.6 Å². The van der Waals surface area contributed by atoms with E-state index in [0.717, 1.165) is 25.0 Å². The zero-order chi connectivity index (χ0) is 14.1. The molecule has 0 bridgehead atoms. The van der Waals surface area contributed by atoms with Crippen molar-refractivity contribution in [2.24, 2.45) is 0 Å². The largest absolute Gasteiger partial charge is 0.478 e. The number of nitrogens with one attached hydrogen (secondary N) is 1. The number of hydrogen-bond donors (Lipinski definition) is 2. The van der Waals surface area contributed by atoms with Crippen LogP contribution in [0.25, 0.3) is 0 Å². The maximum absolute atomic E-state index is 11.7. The molecule has 0 aliphatic carbocycles. The fourth-order valence-corrected chi connectivity index (χ4v) is 1.99. The minimum absolute atomic E-state index is 0.0774. The lowest BCUT2D eigenvalue weighted by Crippen LogP contribution is -2.25. The van der Waals surface area contributed by atoms with Crippen LogP contribution in [0.1, 0.15) is 40.1 Å². The van der Waals surface area contributed by atoms with Gasteiger partial charge in [0.25, 0.3) is 5.91 Å². The van der Waals surface area contributed by atoms with Crippen LogP contribution in [0.5, 0.6) is 0 Å². The van der Waals surface area contributed by atoms with Gasteiger partial charge in [0.1, 0.15) is 5.69 Å².